The average Bonchev–Trinajstić information content (AvgIpc) is 3.20. The Labute approximate surface area is 316 Å². The fraction of sp³-hybridized carbons (Fsp3) is 0.0612. The van der Waals surface area contributed by atoms with Crippen LogP contribution in [-0.2, 0) is 0 Å². The molecular formula is C49H36BNO2Si. The minimum Gasteiger partial charge on any atom is -0.458 e. The van der Waals surface area contributed by atoms with Crippen LogP contribution in [0.5, 0.6) is 23.0 Å². The van der Waals surface area contributed by atoms with Crippen LogP contribution in [0.2, 0.25) is 19.6 Å². The second-order valence-electron chi connectivity index (χ2n) is 15.7. The summed E-state index contributed by atoms with van der Waals surface area (Å²) in [4.78, 5) is 2.36. The van der Waals surface area contributed by atoms with E-state index in [-0.39, 0.29) is 6.71 Å². The molecule has 54 heavy (non-hydrogen) atoms. The van der Waals surface area contributed by atoms with E-state index in [1.165, 1.54) is 59.2 Å². The first-order valence-electron chi connectivity index (χ1n) is 18.8. The van der Waals surface area contributed by atoms with Gasteiger partial charge in [-0.1, -0.05) is 140 Å². The van der Waals surface area contributed by atoms with E-state index in [2.05, 4.69) is 188 Å². The average molecular weight is 710 g/mol. The standard InChI is InChI=1S/C49H36BNO2Si/c1-54(2,3)33-26-45-49-46(27-33)53-47-30-43(51(31-16-6-4-7-17-31)32-18-8-5-9-19-32)38-24-14-15-25-39(38)48(47)50(49)42-28-40-36-22-12-10-20-34(36)35-21-11-13-23-37(35)41(40)29-44(42)52-45/h4-30H,1-3H3. The monoisotopic (exact) mass is 709 g/mol. The zero-order valence-corrected chi connectivity index (χ0v) is 31.4. The van der Waals surface area contributed by atoms with Gasteiger partial charge in [0.05, 0.1) is 13.8 Å². The van der Waals surface area contributed by atoms with Crippen LogP contribution < -0.4 is 35.9 Å². The highest BCUT2D eigenvalue weighted by atomic mass is 28.3. The molecule has 256 valence electrons. The second-order valence-corrected chi connectivity index (χ2v) is 20.7. The van der Waals surface area contributed by atoms with Crippen molar-refractivity contribution in [1.29, 1.82) is 0 Å². The van der Waals surface area contributed by atoms with Crippen molar-refractivity contribution in [3.8, 4) is 23.0 Å². The van der Waals surface area contributed by atoms with Crippen LogP contribution in [0.4, 0.5) is 17.1 Å². The third kappa shape index (κ3) is 4.61. The molecule has 0 aliphatic carbocycles. The summed E-state index contributed by atoms with van der Waals surface area (Å²) in [5, 5.41) is 11.1. The first-order chi connectivity index (χ1) is 26.4. The molecule has 0 fully saturated rings. The SMILES string of the molecule is C[Si](C)(C)c1cc2c3c(c1)Oc1cc(N(c4ccccc4)c4ccccc4)c4ccccc4c1B3c1cc3c4ccccc4c4ccccc4c3cc1O2. The lowest BCUT2D eigenvalue weighted by Gasteiger charge is -2.36. The Kier molecular flexibility index (Phi) is 6.71. The zero-order chi connectivity index (χ0) is 36.1. The van der Waals surface area contributed by atoms with Gasteiger partial charge in [0.25, 0.3) is 6.71 Å². The van der Waals surface area contributed by atoms with Gasteiger partial charge in [-0.3, -0.25) is 0 Å². The van der Waals surface area contributed by atoms with Crippen molar-refractivity contribution >= 4 is 96.5 Å². The molecule has 0 spiro atoms. The summed E-state index contributed by atoms with van der Waals surface area (Å²) in [5.74, 6) is 3.59. The minimum atomic E-state index is -1.76. The Morgan fingerprint density at radius 1 is 0.407 bits per heavy atom. The highest BCUT2D eigenvalue weighted by Gasteiger charge is 2.43. The summed E-state index contributed by atoms with van der Waals surface area (Å²) in [6.07, 6.45) is 0. The maximum absolute atomic E-state index is 7.18. The Morgan fingerprint density at radius 2 is 0.852 bits per heavy atom. The van der Waals surface area contributed by atoms with Gasteiger partial charge >= 0.3 is 0 Å². The quantitative estimate of drug-likeness (QED) is 0.134. The van der Waals surface area contributed by atoms with Crippen molar-refractivity contribution in [1.82, 2.24) is 0 Å². The van der Waals surface area contributed by atoms with Crippen molar-refractivity contribution in [2.24, 2.45) is 0 Å². The first-order valence-corrected chi connectivity index (χ1v) is 22.3. The van der Waals surface area contributed by atoms with Gasteiger partial charge < -0.3 is 14.4 Å². The van der Waals surface area contributed by atoms with Gasteiger partial charge in [0.1, 0.15) is 23.0 Å². The van der Waals surface area contributed by atoms with Crippen LogP contribution in [-0.4, -0.2) is 14.8 Å². The Bertz CT molecular complexity index is 2950. The van der Waals surface area contributed by atoms with Crippen LogP contribution in [0.1, 0.15) is 0 Å². The molecule has 3 nitrogen and oxygen atoms in total. The molecule has 5 heteroatoms. The fourth-order valence-electron chi connectivity index (χ4n) is 8.94. The van der Waals surface area contributed by atoms with E-state index in [1.807, 2.05) is 0 Å². The molecule has 0 saturated heterocycles. The molecule has 0 atom stereocenters. The summed E-state index contributed by atoms with van der Waals surface area (Å²) in [6.45, 7) is 7.08. The maximum atomic E-state index is 7.18. The first kappa shape index (κ1) is 31.2. The molecule has 2 aliphatic rings. The highest BCUT2D eigenvalue weighted by Crippen LogP contribution is 2.45. The van der Waals surface area contributed by atoms with Gasteiger partial charge in [0.15, 0.2) is 0 Å². The van der Waals surface area contributed by atoms with Crippen molar-refractivity contribution < 1.29 is 9.47 Å². The van der Waals surface area contributed by atoms with Crippen molar-refractivity contribution in [2.45, 2.75) is 19.6 Å². The molecular weight excluding hydrogens is 673 g/mol. The van der Waals surface area contributed by atoms with Gasteiger partial charge in [0.2, 0.25) is 0 Å². The lowest BCUT2D eigenvalue weighted by Crippen LogP contribution is -2.58. The second kappa shape index (κ2) is 11.6. The summed E-state index contributed by atoms with van der Waals surface area (Å²) in [7, 11) is -1.76. The molecule has 2 heterocycles. The zero-order valence-electron chi connectivity index (χ0n) is 30.4. The predicted octanol–water partition coefficient (Wildman–Crippen LogP) is 11.0. The molecule has 0 N–H and O–H groups in total. The Balaban J connectivity index is 1.24. The van der Waals surface area contributed by atoms with Gasteiger partial charge in [0, 0.05) is 28.3 Å². The normalized spacial score (nSPS) is 13.0. The number of para-hydroxylation sites is 2. The number of hydrogen-bond acceptors (Lipinski definition) is 3. The number of hydrogen-bond donors (Lipinski definition) is 0. The maximum Gasteiger partial charge on any atom is 0.261 e. The van der Waals surface area contributed by atoms with Gasteiger partial charge in [-0.15, -0.1) is 0 Å². The number of nitrogens with zero attached hydrogens (tertiary/aromatic N) is 1. The molecule has 0 radical (unpaired) electrons. The number of rotatable bonds is 4. The van der Waals surface area contributed by atoms with E-state index in [1.54, 1.807) is 0 Å². The molecule has 0 unspecified atom stereocenters. The van der Waals surface area contributed by atoms with E-state index in [0.717, 1.165) is 45.5 Å². The molecule has 9 aromatic rings. The highest BCUT2D eigenvalue weighted by molar-refractivity contribution is 7.00. The molecule has 0 aromatic heterocycles. The number of ether oxygens (including phenoxy) is 2. The van der Waals surface area contributed by atoms with Crippen LogP contribution in [0, 0.1) is 0 Å². The van der Waals surface area contributed by atoms with Gasteiger partial charge in [-0.2, -0.15) is 0 Å². The van der Waals surface area contributed by atoms with Crippen molar-refractivity contribution in [3.05, 3.63) is 164 Å². The fourth-order valence-corrected chi connectivity index (χ4v) is 10.1. The number of benzene rings is 9. The predicted molar refractivity (Wildman–Crippen MR) is 232 cm³/mol. The molecule has 9 aromatic carbocycles. The minimum absolute atomic E-state index is 0.0892. The molecule has 11 rings (SSSR count). The smallest absolute Gasteiger partial charge is 0.261 e. The third-order valence-electron chi connectivity index (χ3n) is 11.5. The summed E-state index contributed by atoms with van der Waals surface area (Å²) in [6, 6.07) is 59.3. The van der Waals surface area contributed by atoms with Gasteiger partial charge in [-0.05, 0) is 91.1 Å². The molecule has 0 bridgehead atoms. The summed E-state index contributed by atoms with van der Waals surface area (Å²) < 4.78 is 14.2. The Morgan fingerprint density at radius 3 is 1.41 bits per heavy atom. The summed E-state index contributed by atoms with van der Waals surface area (Å²) in [5.41, 5.74) is 6.73. The Hall–Kier alpha value is -6.30. The van der Waals surface area contributed by atoms with E-state index >= 15 is 0 Å². The third-order valence-corrected chi connectivity index (χ3v) is 13.5. The van der Waals surface area contributed by atoms with Crippen LogP contribution >= 0.6 is 0 Å². The van der Waals surface area contributed by atoms with Crippen LogP contribution in [0.25, 0.3) is 43.1 Å². The van der Waals surface area contributed by atoms with E-state index < -0.39 is 8.07 Å². The largest absolute Gasteiger partial charge is 0.458 e. The lowest BCUT2D eigenvalue weighted by atomic mass is 9.34. The van der Waals surface area contributed by atoms with Crippen LogP contribution in [0.15, 0.2) is 164 Å². The molecule has 0 saturated carbocycles. The van der Waals surface area contributed by atoms with E-state index in [9.17, 15) is 0 Å². The van der Waals surface area contributed by atoms with Crippen molar-refractivity contribution in [2.75, 3.05) is 4.90 Å². The van der Waals surface area contributed by atoms with Crippen molar-refractivity contribution in [3.63, 3.8) is 0 Å². The topological polar surface area (TPSA) is 21.7 Å². The summed E-state index contributed by atoms with van der Waals surface area (Å²) >= 11 is 0. The molecule has 0 amide bonds. The molecule has 2 aliphatic heterocycles. The lowest BCUT2D eigenvalue weighted by molar-refractivity contribution is 0.466. The van der Waals surface area contributed by atoms with E-state index in [0.29, 0.717) is 0 Å². The number of fused-ring (bicyclic) bond motifs is 12. The van der Waals surface area contributed by atoms with E-state index in [4.69, 9.17) is 9.47 Å². The van der Waals surface area contributed by atoms with Crippen LogP contribution in [0.3, 0.4) is 0 Å². The number of anilines is 3. The van der Waals surface area contributed by atoms with Gasteiger partial charge in [-0.25, -0.2) is 0 Å².